The van der Waals surface area contributed by atoms with Gasteiger partial charge >= 0.3 is 0 Å². The molecule has 282 valence electrons. The van der Waals surface area contributed by atoms with E-state index < -0.39 is 0 Å². The summed E-state index contributed by atoms with van der Waals surface area (Å²) < 4.78 is 2.46. The Morgan fingerprint density at radius 1 is 0.267 bits per heavy atom. The molecule has 0 radical (unpaired) electrons. The van der Waals surface area contributed by atoms with Gasteiger partial charge in [0.1, 0.15) is 0 Å². The van der Waals surface area contributed by atoms with E-state index in [4.69, 9.17) is 0 Å². The van der Waals surface area contributed by atoms with Gasteiger partial charge in [0.15, 0.2) is 0 Å². The SMILES string of the molecule is c1ccc(-c2ccc(N(c3ccc(-c4ccccc4)c(-c4ccccc4)c3)c3ccc(-c4ccc5ccccc5c4)c(-n4c5ccccc5c5ccccc54)c3)cc2)cc1. The minimum Gasteiger partial charge on any atom is -0.310 e. The summed E-state index contributed by atoms with van der Waals surface area (Å²) in [5, 5.41) is 4.93. The molecule has 0 spiro atoms. The summed E-state index contributed by atoms with van der Waals surface area (Å²) in [4.78, 5) is 2.41. The number of fused-ring (bicyclic) bond motifs is 4. The molecule has 0 amide bonds. The first-order valence-electron chi connectivity index (χ1n) is 20.6. The molecule has 11 aromatic rings. The van der Waals surface area contributed by atoms with Crippen LogP contribution in [0.25, 0.3) is 82.8 Å². The molecule has 0 atom stereocenters. The number of hydrogen-bond acceptors (Lipinski definition) is 1. The summed E-state index contributed by atoms with van der Waals surface area (Å²) in [7, 11) is 0. The molecule has 0 aliphatic rings. The summed E-state index contributed by atoms with van der Waals surface area (Å²) in [6.45, 7) is 0. The zero-order valence-electron chi connectivity index (χ0n) is 33.0. The van der Waals surface area contributed by atoms with Gasteiger partial charge in [0.25, 0.3) is 0 Å². The highest BCUT2D eigenvalue weighted by molar-refractivity contribution is 6.10. The molecule has 11 rings (SSSR count). The molecule has 0 aliphatic carbocycles. The highest BCUT2D eigenvalue weighted by Crippen LogP contribution is 2.44. The topological polar surface area (TPSA) is 8.17 Å². The quantitative estimate of drug-likeness (QED) is 0.150. The third-order valence-corrected chi connectivity index (χ3v) is 11.8. The van der Waals surface area contributed by atoms with Crippen LogP contribution in [0.2, 0.25) is 0 Å². The van der Waals surface area contributed by atoms with Gasteiger partial charge in [-0.15, -0.1) is 0 Å². The van der Waals surface area contributed by atoms with Crippen molar-refractivity contribution >= 4 is 49.6 Å². The van der Waals surface area contributed by atoms with Crippen molar-refractivity contribution in [3.63, 3.8) is 0 Å². The average Bonchev–Trinajstić information content (AvgIpc) is 3.67. The third-order valence-electron chi connectivity index (χ3n) is 11.8. The van der Waals surface area contributed by atoms with Gasteiger partial charge in [-0.3, -0.25) is 0 Å². The molecule has 2 nitrogen and oxygen atoms in total. The second kappa shape index (κ2) is 15.1. The van der Waals surface area contributed by atoms with Crippen LogP contribution in [0.1, 0.15) is 0 Å². The minimum absolute atomic E-state index is 1.07. The molecule has 1 aromatic heterocycles. The van der Waals surface area contributed by atoms with Gasteiger partial charge < -0.3 is 9.47 Å². The van der Waals surface area contributed by atoms with E-state index in [9.17, 15) is 0 Å². The molecule has 0 N–H and O–H groups in total. The average molecular weight is 765 g/mol. The zero-order valence-corrected chi connectivity index (χ0v) is 33.0. The van der Waals surface area contributed by atoms with Crippen LogP contribution in [0.5, 0.6) is 0 Å². The van der Waals surface area contributed by atoms with E-state index in [1.54, 1.807) is 0 Å². The van der Waals surface area contributed by atoms with Crippen LogP contribution in [0.3, 0.4) is 0 Å². The van der Waals surface area contributed by atoms with Crippen LogP contribution in [-0.4, -0.2) is 4.57 Å². The molecule has 0 aliphatic heterocycles. The van der Waals surface area contributed by atoms with Crippen LogP contribution in [-0.2, 0) is 0 Å². The number of aromatic nitrogens is 1. The van der Waals surface area contributed by atoms with Crippen molar-refractivity contribution in [1.82, 2.24) is 4.57 Å². The maximum atomic E-state index is 2.46. The Balaban J connectivity index is 1.17. The molecule has 0 saturated heterocycles. The van der Waals surface area contributed by atoms with Crippen molar-refractivity contribution in [1.29, 1.82) is 0 Å². The Morgan fingerprint density at radius 3 is 1.38 bits per heavy atom. The van der Waals surface area contributed by atoms with Crippen LogP contribution < -0.4 is 4.90 Å². The lowest BCUT2D eigenvalue weighted by molar-refractivity contribution is 1.17. The maximum absolute atomic E-state index is 2.46. The van der Waals surface area contributed by atoms with Crippen molar-refractivity contribution in [2.24, 2.45) is 0 Å². The second-order valence-electron chi connectivity index (χ2n) is 15.3. The van der Waals surface area contributed by atoms with Crippen LogP contribution in [0.4, 0.5) is 17.1 Å². The number of hydrogen-bond donors (Lipinski definition) is 0. The molecule has 0 saturated carbocycles. The summed E-state index contributed by atoms with van der Waals surface area (Å²) in [5.74, 6) is 0. The lowest BCUT2D eigenvalue weighted by Crippen LogP contribution is -2.11. The fourth-order valence-electron chi connectivity index (χ4n) is 8.91. The zero-order chi connectivity index (χ0) is 39.8. The largest absolute Gasteiger partial charge is 0.310 e. The standard InChI is InChI=1S/C58H40N2/c1-4-16-41(17-5-1)43-30-32-48(33-31-43)59(49-34-36-51(44-19-6-2-7-20-44)55(39-49)45-21-8-3-9-22-45)50-35-37-52(47-29-28-42-18-10-11-23-46(42)38-47)58(40-50)60-56-26-14-12-24-53(56)54-25-13-15-27-57(54)60/h1-40H. The highest BCUT2D eigenvalue weighted by atomic mass is 15.1. The molecule has 0 fully saturated rings. The summed E-state index contributed by atoms with van der Waals surface area (Å²) >= 11 is 0. The first-order valence-corrected chi connectivity index (χ1v) is 20.6. The van der Waals surface area contributed by atoms with Gasteiger partial charge in [-0.05, 0) is 104 Å². The first kappa shape index (κ1) is 35.2. The lowest BCUT2D eigenvalue weighted by Gasteiger charge is -2.28. The summed E-state index contributed by atoms with van der Waals surface area (Å²) in [6, 6.07) is 88.0. The molecule has 2 heteroatoms. The molecule has 0 unspecified atom stereocenters. The fraction of sp³-hybridized carbons (Fsp3) is 0. The predicted molar refractivity (Wildman–Crippen MR) is 255 cm³/mol. The van der Waals surface area contributed by atoms with E-state index in [1.807, 2.05) is 0 Å². The van der Waals surface area contributed by atoms with Crippen LogP contribution >= 0.6 is 0 Å². The van der Waals surface area contributed by atoms with Crippen molar-refractivity contribution in [3.8, 4) is 50.2 Å². The van der Waals surface area contributed by atoms with E-state index in [-0.39, 0.29) is 0 Å². The number of nitrogens with zero attached hydrogens (tertiary/aromatic N) is 2. The second-order valence-corrected chi connectivity index (χ2v) is 15.3. The van der Waals surface area contributed by atoms with E-state index in [1.165, 1.54) is 77.1 Å². The van der Waals surface area contributed by atoms with E-state index in [0.717, 1.165) is 22.7 Å². The first-order chi connectivity index (χ1) is 29.8. The van der Waals surface area contributed by atoms with Crippen molar-refractivity contribution < 1.29 is 0 Å². The number of rotatable bonds is 8. The fourth-order valence-corrected chi connectivity index (χ4v) is 8.91. The molecule has 60 heavy (non-hydrogen) atoms. The maximum Gasteiger partial charge on any atom is 0.0561 e. The Kier molecular flexibility index (Phi) is 8.87. The van der Waals surface area contributed by atoms with Crippen molar-refractivity contribution in [2.75, 3.05) is 4.90 Å². The molecule has 10 aromatic carbocycles. The number of para-hydroxylation sites is 2. The van der Waals surface area contributed by atoms with Gasteiger partial charge in [-0.1, -0.05) is 188 Å². The van der Waals surface area contributed by atoms with Crippen LogP contribution in [0.15, 0.2) is 243 Å². The smallest absolute Gasteiger partial charge is 0.0561 e. The Morgan fingerprint density at radius 2 is 0.733 bits per heavy atom. The van der Waals surface area contributed by atoms with Crippen LogP contribution in [0, 0.1) is 0 Å². The van der Waals surface area contributed by atoms with Gasteiger partial charge in [-0.2, -0.15) is 0 Å². The number of benzene rings is 10. The van der Waals surface area contributed by atoms with E-state index in [2.05, 4.69) is 252 Å². The molecule has 0 bridgehead atoms. The van der Waals surface area contributed by atoms with Crippen molar-refractivity contribution in [2.45, 2.75) is 0 Å². The molecular formula is C58H40N2. The lowest BCUT2D eigenvalue weighted by atomic mass is 9.93. The summed E-state index contributed by atoms with van der Waals surface area (Å²) in [5.41, 5.74) is 16.2. The molecular weight excluding hydrogens is 725 g/mol. The van der Waals surface area contributed by atoms with Gasteiger partial charge in [0, 0.05) is 33.4 Å². The van der Waals surface area contributed by atoms with Crippen molar-refractivity contribution in [3.05, 3.63) is 243 Å². The van der Waals surface area contributed by atoms with E-state index in [0.29, 0.717) is 0 Å². The highest BCUT2D eigenvalue weighted by Gasteiger charge is 2.21. The van der Waals surface area contributed by atoms with E-state index >= 15 is 0 Å². The molecule has 1 heterocycles. The Bertz CT molecular complexity index is 3240. The monoisotopic (exact) mass is 764 g/mol. The minimum atomic E-state index is 1.07. The third kappa shape index (κ3) is 6.32. The van der Waals surface area contributed by atoms with Gasteiger partial charge in [0.2, 0.25) is 0 Å². The van der Waals surface area contributed by atoms with Gasteiger partial charge in [-0.25, -0.2) is 0 Å². The Hall–Kier alpha value is -7.94. The Labute approximate surface area is 350 Å². The normalized spacial score (nSPS) is 11.3. The number of anilines is 3. The van der Waals surface area contributed by atoms with Gasteiger partial charge in [0.05, 0.1) is 16.7 Å². The summed E-state index contributed by atoms with van der Waals surface area (Å²) in [6.07, 6.45) is 0. The predicted octanol–water partition coefficient (Wildman–Crippen LogP) is 16.1.